The molecule has 0 spiro atoms. The molecule has 1 heterocycles. The number of carbonyl (C=O) groups is 1. The second-order valence-corrected chi connectivity index (χ2v) is 5.78. The largest absolute Gasteiger partial charge is 0.370 e. The van der Waals surface area contributed by atoms with Gasteiger partial charge in [-0.05, 0) is 18.8 Å². The SMILES string of the molecule is CS(=O)(=O)N1CCCC(CC(N)=O)C1. The maximum Gasteiger partial charge on any atom is 0.217 e. The second kappa shape index (κ2) is 4.27. The topological polar surface area (TPSA) is 80.5 Å². The Hall–Kier alpha value is -0.620. The molecule has 1 rings (SSSR count). The van der Waals surface area contributed by atoms with E-state index in [0.29, 0.717) is 13.1 Å². The van der Waals surface area contributed by atoms with Gasteiger partial charge in [0.25, 0.3) is 0 Å². The van der Waals surface area contributed by atoms with Gasteiger partial charge in [0.15, 0.2) is 0 Å². The highest BCUT2D eigenvalue weighted by molar-refractivity contribution is 7.88. The quantitative estimate of drug-likeness (QED) is 0.698. The molecule has 0 saturated carbocycles. The van der Waals surface area contributed by atoms with E-state index in [4.69, 9.17) is 5.73 Å². The first-order valence-electron chi connectivity index (χ1n) is 4.63. The van der Waals surface area contributed by atoms with E-state index >= 15 is 0 Å². The fourth-order valence-corrected chi connectivity index (χ4v) is 2.72. The summed E-state index contributed by atoms with van der Waals surface area (Å²) in [5.74, 6) is -0.263. The molecule has 2 N–H and O–H groups in total. The number of carbonyl (C=O) groups excluding carboxylic acids is 1. The third kappa shape index (κ3) is 3.26. The highest BCUT2D eigenvalue weighted by atomic mass is 32.2. The first-order chi connectivity index (χ1) is 6.39. The summed E-state index contributed by atoms with van der Waals surface area (Å²) in [5.41, 5.74) is 5.07. The average molecular weight is 220 g/mol. The first-order valence-corrected chi connectivity index (χ1v) is 6.48. The molecular formula is C8H16N2O3S. The van der Waals surface area contributed by atoms with Crippen molar-refractivity contribution >= 4 is 15.9 Å². The predicted molar refractivity (Wildman–Crippen MR) is 53.0 cm³/mol. The normalized spacial score (nSPS) is 24.8. The van der Waals surface area contributed by atoms with Gasteiger partial charge in [-0.1, -0.05) is 0 Å². The monoisotopic (exact) mass is 220 g/mol. The summed E-state index contributed by atoms with van der Waals surface area (Å²) in [6, 6.07) is 0. The Bertz CT molecular complexity index is 313. The highest BCUT2D eigenvalue weighted by Gasteiger charge is 2.26. The number of rotatable bonds is 3. The predicted octanol–water partition coefficient (Wildman–Crippen LogP) is -0.467. The van der Waals surface area contributed by atoms with Crippen LogP contribution in [-0.2, 0) is 14.8 Å². The third-order valence-corrected chi connectivity index (χ3v) is 3.71. The smallest absolute Gasteiger partial charge is 0.217 e. The minimum absolute atomic E-state index is 0.0935. The minimum atomic E-state index is -3.11. The van der Waals surface area contributed by atoms with Crippen molar-refractivity contribution in [3.8, 4) is 0 Å². The standard InChI is InChI=1S/C8H16N2O3S/c1-14(12,13)10-4-2-3-7(6-10)5-8(9)11/h7H,2-6H2,1H3,(H2,9,11). The van der Waals surface area contributed by atoms with Crippen LogP contribution in [0, 0.1) is 5.92 Å². The number of hydrogen-bond donors (Lipinski definition) is 1. The first kappa shape index (κ1) is 11.5. The second-order valence-electron chi connectivity index (χ2n) is 3.80. The van der Waals surface area contributed by atoms with Crippen molar-refractivity contribution in [2.75, 3.05) is 19.3 Å². The third-order valence-electron chi connectivity index (χ3n) is 2.44. The lowest BCUT2D eigenvalue weighted by atomic mass is 9.96. The maximum absolute atomic E-state index is 11.2. The van der Waals surface area contributed by atoms with Crippen LogP contribution in [0.2, 0.25) is 0 Å². The van der Waals surface area contributed by atoms with E-state index in [1.807, 2.05) is 0 Å². The Labute approximate surface area is 84.3 Å². The Morgan fingerprint density at radius 2 is 2.21 bits per heavy atom. The minimum Gasteiger partial charge on any atom is -0.370 e. The molecule has 82 valence electrons. The molecule has 1 fully saturated rings. The van der Waals surface area contributed by atoms with E-state index in [0.717, 1.165) is 12.8 Å². The van der Waals surface area contributed by atoms with Crippen molar-refractivity contribution in [1.29, 1.82) is 0 Å². The van der Waals surface area contributed by atoms with Crippen molar-refractivity contribution in [3.05, 3.63) is 0 Å². The van der Waals surface area contributed by atoms with Crippen LogP contribution in [0.3, 0.4) is 0 Å². The van der Waals surface area contributed by atoms with Gasteiger partial charge in [-0.3, -0.25) is 4.79 Å². The van der Waals surface area contributed by atoms with Crippen LogP contribution in [0.4, 0.5) is 0 Å². The zero-order valence-corrected chi connectivity index (χ0v) is 9.09. The summed E-state index contributed by atoms with van der Waals surface area (Å²) < 4.78 is 23.9. The van der Waals surface area contributed by atoms with Gasteiger partial charge in [0.1, 0.15) is 0 Å². The lowest BCUT2D eigenvalue weighted by Gasteiger charge is -2.30. The van der Waals surface area contributed by atoms with Crippen molar-refractivity contribution in [1.82, 2.24) is 4.31 Å². The molecule has 0 aromatic rings. The van der Waals surface area contributed by atoms with Gasteiger partial charge in [-0.15, -0.1) is 0 Å². The number of amides is 1. The van der Waals surface area contributed by atoms with E-state index < -0.39 is 10.0 Å². The highest BCUT2D eigenvalue weighted by Crippen LogP contribution is 2.20. The number of piperidine rings is 1. The molecule has 0 aliphatic carbocycles. The van der Waals surface area contributed by atoms with E-state index in [-0.39, 0.29) is 18.2 Å². The summed E-state index contributed by atoms with van der Waals surface area (Å²) in [6.45, 7) is 0.996. The molecule has 0 aromatic carbocycles. The lowest BCUT2D eigenvalue weighted by Crippen LogP contribution is -2.40. The zero-order valence-electron chi connectivity index (χ0n) is 8.27. The molecule has 0 bridgehead atoms. The van der Waals surface area contributed by atoms with E-state index in [1.54, 1.807) is 0 Å². The fraction of sp³-hybridized carbons (Fsp3) is 0.875. The Kier molecular flexibility index (Phi) is 3.49. The van der Waals surface area contributed by atoms with Crippen LogP contribution in [-0.4, -0.2) is 38.0 Å². The van der Waals surface area contributed by atoms with Gasteiger partial charge in [0.2, 0.25) is 15.9 Å². The Morgan fingerprint density at radius 3 is 2.71 bits per heavy atom. The van der Waals surface area contributed by atoms with E-state index in [9.17, 15) is 13.2 Å². The Morgan fingerprint density at radius 1 is 1.57 bits per heavy atom. The summed E-state index contributed by atoms with van der Waals surface area (Å²) in [5, 5.41) is 0. The van der Waals surface area contributed by atoms with Gasteiger partial charge >= 0.3 is 0 Å². The van der Waals surface area contributed by atoms with Gasteiger partial charge < -0.3 is 5.73 Å². The summed E-state index contributed by atoms with van der Waals surface area (Å²) in [6.07, 6.45) is 3.17. The molecule has 1 atom stereocenters. The van der Waals surface area contributed by atoms with Gasteiger partial charge in [0, 0.05) is 19.5 Å². The van der Waals surface area contributed by atoms with Crippen molar-refractivity contribution < 1.29 is 13.2 Å². The molecule has 1 amide bonds. The molecule has 1 unspecified atom stereocenters. The van der Waals surface area contributed by atoms with Crippen LogP contribution in [0.25, 0.3) is 0 Å². The van der Waals surface area contributed by atoms with Gasteiger partial charge in [0.05, 0.1) is 6.26 Å². The molecular weight excluding hydrogens is 204 g/mol. The van der Waals surface area contributed by atoms with E-state index in [1.165, 1.54) is 10.6 Å². The summed E-state index contributed by atoms with van der Waals surface area (Å²) in [4.78, 5) is 10.7. The van der Waals surface area contributed by atoms with Gasteiger partial charge in [-0.25, -0.2) is 12.7 Å². The van der Waals surface area contributed by atoms with Crippen molar-refractivity contribution in [2.45, 2.75) is 19.3 Å². The molecule has 1 saturated heterocycles. The van der Waals surface area contributed by atoms with Crippen LogP contribution >= 0.6 is 0 Å². The lowest BCUT2D eigenvalue weighted by molar-refractivity contribution is -0.119. The molecule has 6 heteroatoms. The fourth-order valence-electron chi connectivity index (χ4n) is 1.78. The Balaban J connectivity index is 2.56. The molecule has 14 heavy (non-hydrogen) atoms. The average Bonchev–Trinajstić information content (AvgIpc) is 2.01. The summed E-state index contributed by atoms with van der Waals surface area (Å²) in [7, 11) is -3.11. The maximum atomic E-state index is 11.2. The molecule has 1 aliphatic heterocycles. The van der Waals surface area contributed by atoms with Crippen LogP contribution in [0.5, 0.6) is 0 Å². The molecule has 0 aromatic heterocycles. The van der Waals surface area contributed by atoms with Crippen molar-refractivity contribution in [3.63, 3.8) is 0 Å². The number of nitrogens with two attached hydrogens (primary N) is 1. The molecule has 5 nitrogen and oxygen atoms in total. The van der Waals surface area contributed by atoms with Crippen LogP contribution in [0.1, 0.15) is 19.3 Å². The van der Waals surface area contributed by atoms with Gasteiger partial charge in [-0.2, -0.15) is 0 Å². The number of primary amides is 1. The van der Waals surface area contributed by atoms with Crippen molar-refractivity contribution in [2.24, 2.45) is 11.7 Å². The van der Waals surface area contributed by atoms with E-state index in [2.05, 4.69) is 0 Å². The van der Waals surface area contributed by atoms with Crippen LogP contribution < -0.4 is 5.73 Å². The summed E-state index contributed by atoms with van der Waals surface area (Å²) >= 11 is 0. The zero-order chi connectivity index (χ0) is 10.8. The number of nitrogens with zero attached hydrogens (tertiary/aromatic N) is 1. The van der Waals surface area contributed by atoms with Crippen LogP contribution in [0.15, 0.2) is 0 Å². The number of hydrogen-bond acceptors (Lipinski definition) is 3. The number of sulfonamides is 1. The molecule has 1 aliphatic rings. The molecule has 0 radical (unpaired) electrons.